The van der Waals surface area contributed by atoms with Crippen molar-refractivity contribution in [3.63, 3.8) is 0 Å². The van der Waals surface area contributed by atoms with Crippen LogP contribution in [0, 0.1) is 5.92 Å². The number of hydrogen-bond donors (Lipinski definition) is 1. The average molecular weight is 329 g/mol. The third-order valence-electron chi connectivity index (χ3n) is 4.21. The van der Waals surface area contributed by atoms with Crippen molar-refractivity contribution >= 4 is 23.6 Å². The first kappa shape index (κ1) is 17.6. The molecule has 2 atom stereocenters. The lowest BCUT2D eigenvalue weighted by atomic mass is 9.94. The van der Waals surface area contributed by atoms with Gasteiger partial charge >= 0.3 is 5.97 Å². The van der Waals surface area contributed by atoms with Crippen molar-refractivity contribution < 1.29 is 24.3 Å². The molecule has 2 rings (SSSR count). The van der Waals surface area contributed by atoms with Gasteiger partial charge in [-0.15, -0.1) is 6.58 Å². The summed E-state index contributed by atoms with van der Waals surface area (Å²) in [6.07, 6.45) is 2.22. The molecule has 6 nitrogen and oxygen atoms in total. The number of amides is 2. The maximum atomic E-state index is 12.5. The zero-order valence-electron chi connectivity index (χ0n) is 13.4. The Morgan fingerprint density at radius 1 is 1.17 bits per heavy atom. The van der Waals surface area contributed by atoms with Crippen molar-refractivity contribution in [2.75, 3.05) is 0 Å². The predicted octanol–water partition coefficient (Wildman–Crippen LogP) is 2.30. The lowest BCUT2D eigenvalue weighted by Crippen LogP contribution is -2.40. The molecule has 126 valence electrons. The predicted molar refractivity (Wildman–Crippen MR) is 86.6 cm³/mol. The summed E-state index contributed by atoms with van der Waals surface area (Å²) in [4.78, 5) is 48.8. The summed E-state index contributed by atoms with van der Waals surface area (Å²) in [5.41, 5.74) is 0.691. The molecule has 0 aliphatic carbocycles. The highest BCUT2D eigenvalue weighted by Gasteiger charge is 2.39. The number of Topliss-reactive ketones (excluding diaryl/α,β-unsaturated/α-hetero) is 1. The van der Waals surface area contributed by atoms with Crippen LogP contribution in [-0.4, -0.2) is 39.6 Å². The Hall–Kier alpha value is -2.76. The summed E-state index contributed by atoms with van der Waals surface area (Å²) in [6, 6.07) is 6.04. The van der Waals surface area contributed by atoms with Gasteiger partial charge in [0.1, 0.15) is 11.7 Å². The molecule has 24 heavy (non-hydrogen) atoms. The number of benzene rings is 1. The fourth-order valence-electron chi connectivity index (χ4n) is 2.94. The molecule has 1 aromatic rings. The van der Waals surface area contributed by atoms with E-state index in [1.807, 2.05) is 0 Å². The fraction of sp³-hybridized carbons (Fsp3) is 0.333. The van der Waals surface area contributed by atoms with E-state index in [0.717, 1.165) is 4.90 Å². The van der Waals surface area contributed by atoms with Gasteiger partial charge in [-0.1, -0.05) is 18.2 Å². The van der Waals surface area contributed by atoms with Crippen LogP contribution in [0.5, 0.6) is 0 Å². The smallest absolute Gasteiger partial charge is 0.314 e. The largest absolute Gasteiger partial charge is 0.481 e. The first-order chi connectivity index (χ1) is 11.4. The van der Waals surface area contributed by atoms with Gasteiger partial charge < -0.3 is 5.11 Å². The standard InChI is InChI=1S/C18H19NO5/c1-3-6-12(9-10-13(11(2)20)18(23)24)19-16(21)14-7-4-5-8-15(14)17(19)22/h3-5,7-8,12-13H,1,6,9-10H2,2H3,(H,23,24). The Kier molecular flexibility index (Phi) is 5.28. The molecular weight excluding hydrogens is 310 g/mol. The number of carboxylic acids is 1. The van der Waals surface area contributed by atoms with Crippen LogP contribution in [0.15, 0.2) is 36.9 Å². The highest BCUT2D eigenvalue weighted by molar-refractivity contribution is 6.21. The molecule has 2 amide bonds. The van der Waals surface area contributed by atoms with Crippen molar-refractivity contribution in [3.05, 3.63) is 48.0 Å². The van der Waals surface area contributed by atoms with Crippen LogP contribution in [-0.2, 0) is 9.59 Å². The SMILES string of the molecule is C=CCC(CCC(C(C)=O)C(=O)O)N1C(=O)c2ccccc2C1=O. The van der Waals surface area contributed by atoms with Gasteiger partial charge in [0, 0.05) is 6.04 Å². The van der Waals surface area contributed by atoms with Gasteiger partial charge in [-0.25, -0.2) is 0 Å². The van der Waals surface area contributed by atoms with Gasteiger partial charge in [0.2, 0.25) is 0 Å². The molecule has 0 aromatic heterocycles. The van der Waals surface area contributed by atoms with Gasteiger partial charge in [-0.3, -0.25) is 24.1 Å². The van der Waals surface area contributed by atoms with Crippen molar-refractivity contribution in [3.8, 4) is 0 Å². The van der Waals surface area contributed by atoms with Crippen molar-refractivity contribution in [2.45, 2.75) is 32.2 Å². The van der Waals surface area contributed by atoms with E-state index >= 15 is 0 Å². The molecule has 6 heteroatoms. The zero-order valence-corrected chi connectivity index (χ0v) is 13.4. The number of rotatable bonds is 8. The second-order valence-corrected chi connectivity index (χ2v) is 5.78. The highest BCUT2D eigenvalue weighted by Crippen LogP contribution is 2.28. The summed E-state index contributed by atoms with van der Waals surface area (Å²) >= 11 is 0. The maximum absolute atomic E-state index is 12.5. The monoisotopic (exact) mass is 329 g/mol. The van der Waals surface area contributed by atoms with Crippen molar-refractivity contribution in [1.29, 1.82) is 0 Å². The average Bonchev–Trinajstić information content (AvgIpc) is 2.78. The molecule has 0 radical (unpaired) electrons. The number of carbonyl (C=O) groups excluding carboxylic acids is 3. The van der Waals surface area contributed by atoms with E-state index in [1.54, 1.807) is 30.3 Å². The number of aliphatic carboxylic acids is 1. The number of carbonyl (C=O) groups is 4. The lowest BCUT2D eigenvalue weighted by Gasteiger charge is -2.26. The number of nitrogens with zero attached hydrogens (tertiary/aromatic N) is 1. The van der Waals surface area contributed by atoms with E-state index in [2.05, 4.69) is 6.58 Å². The molecule has 1 aliphatic heterocycles. The normalized spacial score (nSPS) is 15.8. The van der Waals surface area contributed by atoms with E-state index in [-0.39, 0.29) is 12.8 Å². The van der Waals surface area contributed by atoms with Crippen LogP contribution >= 0.6 is 0 Å². The summed E-state index contributed by atoms with van der Waals surface area (Å²) in [5, 5.41) is 9.11. The first-order valence-corrected chi connectivity index (χ1v) is 7.69. The molecule has 0 spiro atoms. The number of hydrogen-bond acceptors (Lipinski definition) is 4. The first-order valence-electron chi connectivity index (χ1n) is 7.69. The molecule has 0 saturated carbocycles. The van der Waals surface area contributed by atoms with Crippen LogP contribution in [0.4, 0.5) is 0 Å². The molecule has 0 fully saturated rings. The van der Waals surface area contributed by atoms with E-state index in [1.165, 1.54) is 6.92 Å². The molecule has 0 saturated heterocycles. The minimum Gasteiger partial charge on any atom is -0.481 e. The fourth-order valence-corrected chi connectivity index (χ4v) is 2.94. The molecule has 1 aromatic carbocycles. The number of carboxylic acid groups (broad SMARTS) is 1. The van der Waals surface area contributed by atoms with Crippen LogP contribution in [0.1, 0.15) is 46.9 Å². The molecule has 0 bridgehead atoms. The third-order valence-corrected chi connectivity index (χ3v) is 4.21. The van der Waals surface area contributed by atoms with Gasteiger partial charge in [0.25, 0.3) is 11.8 Å². The maximum Gasteiger partial charge on any atom is 0.314 e. The Morgan fingerprint density at radius 3 is 2.12 bits per heavy atom. The van der Waals surface area contributed by atoms with Crippen LogP contribution in [0.3, 0.4) is 0 Å². The minimum absolute atomic E-state index is 0.0661. The summed E-state index contributed by atoms with van der Waals surface area (Å²) in [6.45, 7) is 4.86. The minimum atomic E-state index is -1.19. The number of fused-ring (bicyclic) bond motifs is 1. The molecular formula is C18H19NO5. The lowest BCUT2D eigenvalue weighted by molar-refractivity contribution is -0.146. The molecule has 2 unspecified atom stereocenters. The second kappa shape index (κ2) is 7.21. The Bertz CT molecular complexity index is 660. The van der Waals surface area contributed by atoms with E-state index in [9.17, 15) is 19.2 Å². The van der Waals surface area contributed by atoms with Crippen LogP contribution in [0.25, 0.3) is 0 Å². The van der Waals surface area contributed by atoms with E-state index < -0.39 is 35.5 Å². The summed E-state index contributed by atoms with van der Waals surface area (Å²) in [7, 11) is 0. The van der Waals surface area contributed by atoms with Crippen LogP contribution < -0.4 is 0 Å². The summed E-state index contributed by atoms with van der Waals surface area (Å²) < 4.78 is 0. The van der Waals surface area contributed by atoms with E-state index in [0.29, 0.717) is 17.5 Å². The van der Waals surface area contributed by atoms with Gasteiger partial charge in [0.05, 0.1) is 11.1 Å². The third kappa shape index (κ3) is 3.27. The van der Waals surface area contributed by atoms with Crippen molar-refractivity contribution in [2.24, 2.45) is 5.92 Å². The highest BCUT2D eigenvalue weighted by atomic mass is 16.4. The number of imide groups is 1. The second-order valence-electron chi connectivity index (χ2n) is 5.78. The molecule has 1 heterocycles. The Balaban J connectivity index is 2.21. The molecule has 1 N–H and O–H groups in total. The van der Waals surface area contributed by atoms with E-state index in [4.69, 9.17) is 5.11 Å². The topological polar surface area (TPSA) is 91.8 Å². The Morgan fingerprint density at radius 2 is 1.71 bits per heavy atom. The van der Waals surface area contributed by atoms with Gasteiger partial charge in [-0.2, -0.15) is 0 Å². The molecule has 1 aliphatic rings. The zero-order chi connectivity index (χ0) is 17.9. The van der Waals surface area contributed by atoms with Crippen LogP contribution in [0.2, 0.25) is 0 Å². The van der Waals surface area contributed by atoms with Gasteiger partial charge in [0.15, 0.2) is 0 Å². The summed E-state index contributed by atoms with van der Waals surface area (Å²) in [5.74, 6) is -3.55. The van der Waals surface area contributed by atoms with Crippen molar-refractivity contribution in [1.82, 2.24) is 4.90 Å². The Labute approximate surface area is 139 Å². The quantitative estimate of drug-likeness (QED) is 0.449. The van der Waals surface area contributed by atoms with Gasteiger partial charge in [-0.05, 0) is 38.3 Å². The number of ketones is 1.